The molecule has 0 saturated carbocycles. The van der Waals surface area contributed by atoms with E-state index < -0.39 is 26.5 Å². The van der Waals surface area contributed by atoms with Crippen LogP contribution in [0.3, 0.4) is 0 Å². The molecule has 0 spiro atoms. The Kier molecular flexibility index (Phi) is 15.5. The Balaban J connectivity index is 1.80. The van der Waals surface area contributed by atoms with E-state index in [9.17, 15) is 0 Å². The van der Waals surface area contributed by atoms with Crippen LogP contribution in [-0.2, 0) is 0 Å². The van der Waals surface area contributed by atoms with Crippen LogP contribution in [0.2, 0.25) is 19.9 Å². The minimum absolute atomic E-state index is 0.322. The Morgan fingerprint density at radius 2 is 1.21 bits per heavy atom. The molecule has 2 aromatic carbocycles. The van der Waals surface area contributed by atoms with Crippen molar-refractivity contribution < 1.29 is 0 Å². The summed E-state index contributed by atoms with van der Waals surface area (Å²) in [5, 5.41) is 3.23. The first-order valence-electron chi connectivity index (χ1n) is 16.0. The zero-order valence-corrected chi connectivity index (χ0v) is 32.4. The van der Waals surface area contributed by atoms with Crippen LogP contribution in [0.5, 0.6) is 0 Å². The van der Waals surface area contributed by atoms with Crippen molar-refractivity contribution in [3.05, 3.63) is 60.7 Å². The molecule has 0 bridgehead atoms. The van der Waals surface area contributed by atoms with Crippen molar-refractivity contribution in [1.29, 1.82) is 0 Å². The number of benzene rings is 2. The van der Waals surface area contributed by atoms with Gasteiger partial charge in [0.25, 0.3) is 0 Å². The fraction of sp³-hybridized carbons (Fsp3) is 0.647. The van der Waals surface area contributed by atoms with Gasteiger partial charge in [0.2, 0.25) is 0 Å². The van der Waals surface area contributed by atoms with E-state index in [1.54, 1.807) is 23.7 Å². The van der Waals surface area contributed by atoms with Crippen molar-refractivity contribution in [2.75, 3.05) is 11.5 Å². The molecule has 1 aliphatic heterocycles. The quantitative estimate of drug-likeness (QED) is 0.0845. The van der Waals surface area contributed by atoms with Crippen molar-refractivity contribution in [1.82, 2.24) is 0 Å². The number of hydrogen-bond acceptors (Lipinski definition) is 2. The van der Waals surface area contributed by atoms with Crippen molar-refractivity contribution in [3.8, 4) is 0 Å². The number of unbranched alkanes of at least 4 members (excludes halogenated alkanes) is 4. The molecule has 39 heavy (non-hydrogen) atoms. The number of rotatable bonds is 18. The van der Waals surface area contributed by atoms with Crippen molar-refractivity contribution >= 4 is 76.3 Å². The summed E-state index contributed by atoms with van der Waals surface area (Å²) in [7, 11) is -1.99. The first kappa shape index (κ1) is 34.1. The second-order valence-corrected chi connectivity index (χ2v) is 37.6. The van der Waals surface area contributed by atoms with Gasteiger partial charge >= 0.3 is 266 Å². The van der Waals surface area contributed by atoms with Crippen LogP contribution in [-0.4, -0.2) is 44.5 Å². The van der Waals surface area contributed by atoms with Crippen LogP contribution < -0.4 is 10.4 Å². The van der Waals surface area contributed by atoms with Gasteiger partial charge in [-0.2, -0.15) is 0 Å². The summed E-state index contributed by atoms with van der Waals surface area (Å²) in [4.78, 5) is 0. The van der Waals surface area contributed by atoms with E-state index in [1.807, 2.05) is 0 Å². The molecule has 2 aromatic rings. The zero-order valence-electron chi connectivity index (χ0n) is 25.4. The van der Waals surface area contributed by atoms with Crippen LogP contribution >= 0.6 is 39.5 Å². The third-order valence-corrected chi connectivity index (χ3v) is 43.6. The summed E-state index contributed by atoms with van der Waals surface area (Å²) < 4.78 is 6.03. The van der Waals surface area contributed by atoms with Gasteiger partial charge in [-0.1, -0.05) is 0 Å². The Hall–Kier alpha value is 0.636. The van der Waals surface area contributed by atoms with E-state index >= 15 is 0 Å². The zero-order chi connectivity index (χ0) is 28.0. The normalized spacial score (nSPS) is 16.7. The van der Waals surface area contributed by atoms with Gasteiger partial charge < -0.3 is 0 Å². The van der Waals surface area contributed by atoms with Gasteiger partial charge in [0.05, 0.1) is 0 Å². The molecule has 1 saturated heterocycles. The molecule has 0 nitrogen and oxygen atoms in total. The molecule has 1 heterocycles. The fourth-order valence-electron chi connectivity index (χ4n) is 6.83. The van der Waals surface area contributed by atoms with E-state index in [0.29, 0.717) is 3.70 Å². The van der Waals surface area contributed by atoms with Gasteiger partial charge in [-0.3, -0.25) is 0 Å². The molecule has 1 atom stereocenters. The van der Waals surface area contributed by atoms with Crippen LogP contribution in [0, 0.1) is 0 Å². The maximum absolute atomic E-state index is 4.44. The molecular weight excluding hydrogens is 699 g/mol. The topological polar surface area (TPSA) is 0 Å². The van der Waals surface area contributed by atoms with Gasteiger partial charge in [0.1, 0.15) is 0 Å². The number of thioether (sulfide) groups is 2. The van der Waals surface area contributed by atoms with Gasteiger partial charge in [-0.15, -0.1) is 0 Å². The van der Waals surface area contributed by atoms with Gasteiger partial charge in [0.15, 0.2) is 0 Å². The van der Waals surface area contributed by atoms with Crippen LogP contribution in [0.15, 0.2) is 60.7 Å². The average Bonchev–Trinajstić information content (AvgIpc) is 3.00. The van der Waals surface area contributed by atoms with E-state index in [1.165, 1.54) is 82.1 Å². The first-order chi connectivity index (χ1) is 19.0. The fourth-order valence-corrected chi connectivity index (χ4v) is 38.7. The molecule has 0 amide bonds. The molecule has 1 unspecified atom stereocenters. The molecule has 0 radical (unpaired) electrons. The van der Waals surface area contributed by atoms with Crippen LogP contribution in [0.1, 0.15) is 91.4 Å². The SMILES string of the molecule is CCC[CH2][Sn]([CH2]CCC)([CH2]CCC)[CH](Br)CCCCC1([Si](C)(c2ccccc2)c2ccccc2)SCCCS1. The third-order valence-electron chi connectivity index (χ3n) is 9.39. The monoisotopic (exact) mass is 754 g/mol. The van der Waals surface area contributed by atoms with Gasteiger partial charge in [-0.25, -0.2) is 0 Å². The maximum atomic E-state index is 4.44. The van der Waals surface area contributed by atoms with E-state index in [0.717, 1.165) is 2.84 Å². The van der Waals surface area contributed by atoms with E-state index in [4.69, 9.17) is 0 Å². The van der Waals surface area contributed by atoms with E-state index in [2.05, 4.69) is 127 Å². The summed E-state index contributed by atoms with van der Waals surface area (Å²) in [5.41, 5.74) is 0. The number of alkyl halides is 1. The van der Waals surface area contributed by atoms with Crippen molar-refractivity contribution in [2.24, 2.45) is 0 Å². The summed E-state index contributed by atoms with van der Waals surface area (Å²) in [6, 6.07) is 23.3. The summed E-state index contributed by atoms with van der Waals surface area (Å²) in [5.74, 6) is 2.64. The second kappa shape index (κ2) is 17.7. The Labute approximate surface area is 264 Å². The third kappa shape index (κ3) is 8.83. The number of halogens is 1. The molecule has 3 rings (SSSR count). The average molecular weight is 755 g/mol. The Morgan fingerprint density at radius 3 is 1.64 bits per heavy atom. The van der Waals surface area contributed by atoms with Gasteiger partial charge in [0, 0.05) is 0 Å². The predicted molar refractivity (Wildman–Crippen MR) is 192 cm³/mol. The number of hydrogen-bond donors (Lipinski definition) is 0. The van der Waals surface area contributed by atoms with Crippen molar-refractivity contribution in [3.63, 3.8) is 0 Å². The van der Waals surface area contributed by atoms with Crippen LogP contribution in [0.4, 0.5) is 0 Å². The second-order valence-electron chi connectivity index (χ2n) is 12.0. The minimum atomic E-state index is -2.21. The van der Waals surface area contributed by atoms with E-state index in [-0.39, 0.29) is 0 Å². The summed E-state index contributed by atoms with van der Waals surface area (Å²) >= 11 is 6.89. The van der Waals surface area contributed by atoms with Crippen molar-refractivity contribution in [2.45, 2.75) is 118 Å². The molecule has 0 N–H and O–H groups in total. The molecule has 5 heteroatoms. The first-order valence-corrected chi connectivity index (χ1v) is 29.1. The Bertz CT molecular complexity index is 858. The van der Waals surface area contributed by atoms with Gasteiger partial charge in [-0.05, 0) is 0 Å². The Morgan fingerprint density at radius 1 is 0.744 bits per heavy atom. The molecule has 218 valence electrons. The summed E-state index contributed by atoms with van der Waals surface area (Å²) in [6.45, 7) is 9.90. The standard InChI is InChI=1S/C22H28BrS2Si.3C4H9.Sn/c1-26(20-12-5-2-6-13-20,21-14-7-3-8-15-21)22(16-9-4-10-17-23)24-18-11-19-25-22;3*1-3-4-2;/h2-3,5-8,12-15,17H,4,9-11,16,18-19H2,1H3;3*1,3-4H2,2H3;. The van der Waals surface area contributed by atoms with Crippen LogP contribution in [0.25, 0.3) is 0 Å². The molecule has 1 fully saturated rings. The molecule has 1 aliphatic rings. The molecule has 0 aliphatic carbocycles. The summed E-state index contributed by atoms with van der Waals surface area (Å²) in [6.07, 6.45) is 15.4. The molecule has 0 aromatic heterocycles. The molecular formula is C34H55BrS2SiSn. The predicted octanol–water partition coefficient (Wildman–Crippen LogP) is 10.7.